The molecule has 174 valence electrons. The molecule has 0 aliphatic carbocycles. The fraction of sp³-hybridized carbons (Fsp3) is 0.273. The average Bonchev–Trinajstić information content (AvgIpc) is 3.23. The Morgan fingerprint density at radius 3 is 2.48 bits per heavy atom. The predicted molar refractivity (Wildman–Crippen MR) is 131 cm³/mol. The number of sulfonamides is 1. The number of likely N-dealkylation sites (N-methyl/N-ethyl adjacent to an activating group) is 1. The summed E-state index contributed by atoms with van der Waals surface area (Å²) in [5.74, 6) is 1.19. The lowest BCUT2D eigenvalue weighted by molar-refractivity contribution is 0.164. The molecule has 1 aliphatic heterocycles. The van der Waals surface area contributed by atoms with Crippen LogP contribution in [0.25, 0.3) is 11.3 Å². The lowest BCUT2D eigenvalue weighted by atomic mass is 10.1. The minimum atomic E-state index is -3.33. The van der Waals surface area contributed by atoms with Crippen LogP contribution >= 0.6 is 11.3 Å². The molecule has 0 saturated carbocycles. The first-order chi connectivity index (χ1) is 15.7. The third-order valence-electron chi connectivity index (χ3n) is 5.03. The highest BCUT2D eigenvalue weighted by Crippen LogP contribution is 2.30. The lowest BCUT2D eigenvalue weighted by Gasteiger charge is -2.32. The van der Waals surface area contributed by atoms with Crippen molar-refractivity contribution < 1.29 is 17.9 Å². The molecule has 11 heteroatoms. The van der Waals surface area contributed by atoms with Gasteiger partial charge in [0.1, 0.15) is 11.5 Å². The highest BCUT2D eigenvalue weighted by atomic mass is 32.2. The molecular weight excluding hydrogens is 462 g/mol. The first-order valence-electron chi connectivity index (χ1n) is 10.3. The maximum atomic E-state index is 12.5. The molecule has 1 aromatic heterocycles. The number of benzene rings is 2. The smallest absolute Gasteiger partial charge is 0.323 e. The fourth-order valence-corrected chi connectivity index (χ4v) is 4.58. The van der Waals surface area contributed by atoms with Crippen molar-refractivity contribution in [3.05, 3.63) is 53.9 Å². The zero-order valence-electron chi connectivity index (χ0n) is 18.3. The summed E-state index contributed by atoms with van der Waals surface area (Å²) in [5.41, 5.74) is 2.07. The molecule has 4 rings (SSSR count). The number of aromatic nitrogens is 1. The number of carbonyl (C=O) groups excluding carboxylic acids is 1. The van der Waals surface area contributed by atoms with E-state index in [9.17, 15) is 13.2 Å². The summed E-state index contributed by atoms with van der Waals surface area (Å²) in [4.78, 5) is 21.0. The molecule has 1 aliphatic rings. The van der Waals surface area contributed by atoms with Crippen molar-refractivity contribution in [2.75, 3.05) is 49.5 Å². The van der Waals surface area contributed by atoms with Gasteiger partial charge in [-0.2, -0.15) is 0 Å². The van der Waals surface area contributed by atoms with Gasteiger partial charge in [-0.1, -0.05) is 12.1 Å². The van der Waals surface area contributed by atoms with E-state index < -0.39 is 10.0 Å². The molecular formula is C22H25N5O4S2. The number of rotatable bonds is 6. The van der Waals surface area contributed by atoms with Crippen molar-refractivity contribution in [3.8, 4) is 22.8 Å². The normalized spacial score (nSPS) is 14.7. The molecule has 2 N–H and O–H groups in total. The topological polar surface area (TPSA) is 104 Å². The van der Waals surface area contributed by atoms with E-state index in [1.165, 1.54) is 11.3 Å². The van der Waals surface area contributed by atoms with Gasteiger partial charge in [-0.15, -0.1) is 11.3 Å². The Balaban J connectivity index is 1.40. The van der Waals surface area contributed by atoms with Crippen LogP contribution in [-0.4, -0.2) is 68.7 Å². The van der Waals surface area contributed by atoms with Crippen LogP contribution in [0.2, 0.25) is 0 Å². The molecule has 1 fully saturated rings. The maximum absolute atomic E-state index is 12.5. The van der Waals surface area contributed by atoms with Gasteiger partial charge in [0.2, 0.25) is 10.0 Å². The first kappa shape index (κ1) is 23.0. The van der Waals surface area contributed by atoms with Crippen LogP contribution in [0.5, 0.6) is 11.5 Å². The van der Waals surface area contributed by atoms with Crippen LogP contribution in [0.3, 0.4) is 0 Å². The van der Waals surface area contributed by atoms with Crippen molar-refractivity contribution >= 4 is 38.2 Å². The molecule has 2 heterocycles. The number of thiazole rings is 1. The summed E-state index contributed by atoms with van der Waals surface area (Å²) < 4.78 is 31.0. The molecule has 0 unspecified atom stereocenters. The summed E-state index contributed by atoms with van der Waals surface area (Å²) >= 11 is 1.38. The largest absolute Gasteiger partial charge is 0.457 e. The van der Waals surface area contributed by atoms with E-state index in [-0.39, 0.29) is 6.03 Å². The van der Waals surface area contributed by atoms with Crippen molar-refractivity contribution in [2.45, 2.75) is 0 Å². The number of amides is 2. The van der Waals surface area contributed by atoms with Crippen molar-refractivity contribution in [2.24, 2.45) is 0 Å². The number of hydrogen-bond acceptors (Lipinski definition) is 7. The third-order valence-corrected chi connectivity index (χ3v) is 6.40. The van der Waals surface area contributed by atoms with Crippen molar-refractivity contribution in [1.29, 1.82) is 0 Å². The van der Waals surface area contributed by atoms with Crippen LogP contribution in [0.4, 0.5) is 15.6 Å². The van der Waals surface area contributed by atoms with Gasteiger partial charge in [0, 0.05) is 42.8 Å². The van der Waals surface area contributed by atoms with Crippen LogP contribution in [0, 0.1) is 0 Å². The first-order valence-corrected chi connectivity index (χ1v) is 13.1. The summed E-state index contributed by atoms with van der Waals surface area (Å²) in [6, 6.07) is 14.0. The second-order valence-corrected chi connectivity index (χ2v) is 10.4. The van der Waals surface area contributed by atoms with E-state index in [0.29, 0.717) is 35.4 Å². The Bertz CT molecular complexity index is 1220. The lowest BCUT2D eigenvalue weighted by Crippen LogP contribution is -2.48. The number of carbonyl (C=O) groups is 1. The molecule has 33 heavy (non-hydrogen) atoms. The molecule has 2 amide bonds. The molecule has 2 aromatic carbocycles. The van der Waals surface area contributed by atoms with Gasteiger partial charge in [0.25, 0.3) is 0 Å². The number of piperazine rings is 1. The van der Waals surface area contributed by atoms with Crippen LogP contribution in [-0.2, 0) is 10.0 Å². The molecule has 0 spiro atoms. The van der Waals surface area contributed by atoms with Crippen molar-refractivity contribution in [1.82, 2.24) is 14.8 Å². The minimum absolute atomic E-state index is 0.130. The van der Waals surface area contributed by atoms with Crippen LogP contribution in [0.15, 0.2) is 53.9 Å². The third kappa shape index (κ3) is 6.44. The maximum Gasteiger partial charge on any atom is 0.323 e. The van der Waals surface area contributed by atoms with Gasteiger partial charge in [-0.05, 0) is 43.4 Å². The molecule has 0 bridgehead atoms. The minimum Gasteiger partial charge on any atom is -0.457 e. The highest BCUT2D eigenvalue weighted by molar-refractivity contribution is 7.92. The van der Waals surface area contributed by atoms with E-state index in [0.717, 1.165) is 30.6 Å². The summed E-state index contributed by atoms with van der Waals surface area (Å²) in [7, 11) is -1.28. The SMILES string of the molecule is CN1CCN(C(=O)Nc2nc(-c3cccc(Oc4ccc(NS(C)(=O)=O)cc4)c3)cs2)CC1. The Hall–Kier alpha value is -3.15. The fourth-order valence-electron chi connectivity index (χ4n) is 3.30. The van der Waals surface area contributed by atoms with Gasteiger partial charge in [0.15, 0.2) is 5.13 Å². The number of nitrogens with one attached hydrogen (secondary N) is 2. The molecule has 1 saturated heterocycles. The van der Waals surface area contributed by atoms with E-state index >= 15 is 0 Å². The molecule has 0 atom stereocenters. The van der Waals surface area contributed by atoms with Crippen LogP contribution in [0.1, 0.15) is 0 Å². The second kappa shape index (κ2) is 9.77. The Kier molecular flexibility index (Phi) is 6.82. The number of nitrogens with zero attached hydrogens (tertiary/aromatic N) is 3. The van der Waals surface area contributed by atoms with Crippen molar-refractivity contribution in [3.63, 3.8) is 0 Å². The molecule has 9 nitrogen and oxygen atoms in total. The summed E-state index contributed by atoms with van der Waals surface area (Å²) in [6.45, 7) is 3.12. The Morgan fingerprint density at radius 1 is 1.06 bits per heavy atom. The zero-order chi connectivity index (χ0) is 23.4. The van der Waals surface area contributed by atoms with Gasteiger partial charge in [0.05, 0.1) is 11.9 Å². The Labute approximate surface area is 197 Å². The summed E-state index contributed by atoms with van der Waals surface area (Å²) in [5, 5.41) is 5.33. The van der Waals surface area contributed by atoms with Gasteiger partial charge >= 0.3 is 6.03 Å². The number of anilines is 2. The van der Waals surface area contributed by atoms with E-state index in [1.807, 2.05) is 36.7 Å². The predicted octanol–water partition coefficient (Wildman–Crippen LogP) is 3.75. The van der Waals surface area contributed by atoms with Gasteiger partial charge in [-0.3, -0.25) is 10.0 Å². The molecule has 0 radical (unpaired) electrons. The van der Waals surface area contributed by atoms with E-state index in [1.54, 1.807) is 29.2 Å². The zero-order valence-corrected chi connectivity index (χ0v) is 19.9. The van der Waals surface area contributed by atoms with Gasteiger partial charge < -0.3 is 14.5 Å². The quantitative estimate of drug-likeness (QED) is 0.549. The number of hydrogen-bond donors (Lipinski definition) is 2. The number of urea groups is 1. The Morgan fingerprint density at radius 2 is 1.79 bits per heavy atom. The highest BCUT2D eigenvalue weighted by Gasteiger charge is 2.20. The number of ether oxygens (including phenoxy) is 1. The standard InChI is InChI=1S/C22H25N5O4S2/c1-26-10-12-27(13-11-26)22(28)24-21-23-20(15-32-21)16-4-3-5-19(14-16)31-18-8-6-17(7-9-18)25-33(2,29)30/h3-9,14-15,25H,10-13H2,1-2H3,(H,23,24,28). The summed E-state index contributed by atoms with van der Waals surface area (Å²) in [6.07, 6.45) is 1.10. The second-order valence-electron chi connectivity index (χ2n) is 7.79. The van der Waals surface area contributed by atoms with Crippen LogP contribution < -0.4 is 14.8 Å². The monoisotopic (exact) mass is 487 g/mol. The van der Waals surface area contributed by atoms with Gasteiger partial charge in [-0.25, -0.2) is 18.2 Å². The average molecular weight is 488 g/mol. The van der Waals surface area contributed by atoms with E-state index in [2.05, 4.69) is 19.9 Å². The van der Waals surface area contributed by atoms with E-state index in [4.69, 9.17) is 4.74 Å². The molecule has 3 aromatic rings.